The van der Waals surface area contributed by atoms with Gasteiger partial charge in [-0.1, -0.05) is 19.9 Å². The van der Waals surface area contributed by atoms with Crippen LogP contribution < -0.4 is 10.9 Å². The summed E-state index contributed by atoms with van der Waals surface area (Å²) in [5.41, 5.74) is 1.10. The zero-order valence-electron chi connectivity index (χ0n) is 9.95. The minimum atomic E-state index is 0.0795. The molecule has 0 spiro atoms. The normalized spacial score (nSPS) is 13.1. The van der Waals surface area contributed by atoms with E-state index in [2.05, 4.69) is 19.2 Å². The Hall–Kier alpha value is -1.09. The van der Waals surface area contributed by atoms with E-state index in [9.17, 15) is 4.79 Å². The van der Waals surface area contributed by atoms with Gasteiger partial charge in [-0.2, -0.15) is 0 Å². The van der Waals surface area contributed by atoms with Crippen LogP contribution in [0.25, 0.3) is 0 Å². The van der Waals surface area contributed by atoms with Crippen LogP contribution in [0.3, 0.4) is 0 Å². The molecule has 0 radical (unpaired) electrons. The predicted octanol–water partition coefficient (Wildman–Crippen LogP) is 1.40. The summed E-state index contributed by atoms with van der Waals surface area (Å²) in [5.74, 6) is 0.515. The number of hydrogen-bond donors (Lipinski definition) is 1. The van der Waals surface area contributed by atoms with Crippen LogP contribution in [0.4, 0.5) is 0 Å². The fourth-order valence-corrected chi connectivity index (χ4v) is 1.69. The smallest absolute Gasteiger partial charge is 0.250 e. The van der Waals surface area contributed by atoms with Crippen molar-refractivity contribution in [2.75, 3.05) is 7.05 Å². The molecule has 1 atom stereocenters. The molecule has 0 fully saturated rings. The number of likely N-dealkylation sites (N-methyl/N-ethyl adjacent to an activating group) is 1. The van der Waals surface area contributed by atoms with Gasteiger partial charge in [0.1, 0.15) is 0 Å². The van der Waals surface area contributed by atoms with E-state index in [0.29, 0.717) is 12.0 Å². The van der Waals surface area contributed by atoms with Gasteiger partial charge < -0.3 is 9.88 Å². The maximum Gasteiger partial charge on any atom is 0.250 e. The maximum absolute atomic E-state index is 11.6. The Kier molecular flexibility index (Phi) is 4.09. The molecule has 0 aromatic carbocycles. The number of rotatable bonds is 4. The van der Waals surface area contributed by atoms with Gasteiger partial charge in [0.25, 0.3) is 5.56 Å². The van der Waals surface area contributed by atoms with Crippen LogP contribution in [0.15, 0.2) is 23.0 Å². The quantitative estimate of drug-likeness (QED) is 0.811. The maximum atomic E-state index is 11.6. The van der Waals surface area contributed by atoms with Gasteiger partial charge in [-0.25, -0.2) is 0 Å². The molecule has 1 unspecified atom stereocenters. The first-order chi connectivity index (χ1) is 7.06. The van der Waals surface area contributed by atoms with Crippen molar-refractivity contribution in [3.05, 3.63) is 34.2 Å². The zero-order valence-corrected chi connectivity index (χ0v) is 9.95. The average molecular weight is 208 g/mol. The highest BCUT2D eigenvalue weighted by molar-refractivity contribution is 5.04. The summed E-state index contributed by atoms with van der Waals surface area (Å²) in [6.07, 6.45) is 0. The van der Waals surface area contributed by atoms with E-state index in [0.717, 1.165) is 12.2 Å². The first-order valence-corrected chi connectivity index (χ1v) is 5.40. The summed E-state index contributed by atoms with van der Waals surface area (Å²) in [6, 6.07) is 5.72. The molecule has 3 nitrogen and oxygen atoms in total. The third-order valence-electron chi connectivity index (χ3n) is 2.82. The fraction of sp³-hybridized carbons (Fsp3) is 0.583. The average Bonchev–Trinajstić information content (AvgIpc) is 2.17. The van der Waals surface area contributed by atoms with Gasteiger partial charge >= 0.3 is 0 Å². The monoisotopic (exact) mass is 208 g/mol. The lowest BCUT2D eigenvalue weighted by Gasteiger charge is -2.22. The van der Waals surface area contributed by atoms with Crippen LogP contribution in [-0.2, 0) is 6.54 Å². The van der Waals surface area contributed by atoms with E-state index in [1.165, 1.54) is 0 Å². The molecule has 0 aliphatic heterocycles. The van der Waals surface area contributed by atoms with Crippen LogP contribution >= 0.6 is 0 Å². The molecule has 1 N–H and O–H groups in total. The summed E-state index contributed by atoms with van der Waals surface area (Å²) in [5, 5.41) is 3.24. The third-order valence-corrected chi connectivity index (χ3v) is 2.82. The largest absolute Gasteiger partial charge is 0.315 e. The summed E-state index contributed by atoms with van der Waals surface area (Å²) < 4.78 is 1.82. The summed E-state index contributed by atoms with van der Waals surface area (Å²) in [7, 11) is 1.94. The number of pyridine rings is 1. The summed E-state index contributed by atoms with van der Waals surface area (Å²) >= 11 is 0. The fourth-order valence-electron chi connectivity index (χ4n) is 1.69. The van der Waals surface area contributed by atoms with E-state index in [1.54, 1.807) is 12.1 Å². The summed E-state index contributed by atoms with van der Waals surface area (Å²) in [6.45, 7) is 7.02. The molecule has 1 heterocycles. The lowest BCUT2D eigenvalue weighted by molar-refractivity contribution is 0.370. The minimum absolute atomic E-state index is 0.0795. The van der Waals surface area contributed by atoms with Crippen molar-refractivity contribution in [1.82, 2.24) is 9.88 Å². The van der Waals surface area contributed by atoms with Crippen molar-refractivity contribution in [2.24, 2.45) is 5.92 Å². The SMILES string of the molecule is CNC(Cn1c(C)cccc1=O)C(C)C. The molecule has 0 saturated carbocycles. The van der Waals surface area contributed by atoms with Crippen molar-refractivity contribution in [2.45, 2.75) is 33.4 Å². The van der Waals surface area contributed by atoms with E-state index < -0.39 is 0 Å². The molecule has 0 aliphatic carbocycles. The number of aryl methyl sites for hydroxylation is 1. The topological polar surface area (TPSA) is 34.0 Å². The summed E-state index contributed by atoms with van der Waals surface area (Å²) in [4.78, 5) is 11.6. The molecular formula is C12H20N2O. The molecule has 1 rings (SSSR count). The second-order valence-corrected chi connectivity index (χ2v) is 4.26. The van der Waals surface area contributed by atoms with Crippen LogP contribution in [0.1, 0.15) is 19.5 Å². The van der Waals surface area contributed by atoms with Crippen molar-refractivity contribution in [3.8, 4) is 0 Å². The first kappa shape index (κ1) is 12.0. The molecule has 0 aliphatic rings. The molecule has 84 valence electrons. The Bertz CT molecular complexity index is 368. The van der Waals surface area contributed by atoms with E-state index in [1.807, 2.05) is 24.6 Å². The Morgan fingerprint density at radius 3 is 2.53 bits per heavy atom. The van der Waals surface area contributed by atoms with Gasteiger partial charge in [0, 0.05) is 24.3 Å². The van der Waals surface area contributed by atoms with Crippen LogP contribution in [0, 0.1) is 12.8 Å². The van der Waals surface area contributed by atoms with Gasteiger partial charge in [-0.3, -0.25) is 4.79 Å². The Morgan fingerprint density at radius 1 is 1.40 bits per heavy atom. The zero-order chi connectivity index (χ0) is 11.4. The predicted molar refractivity (Wildman–Crippen MR) is 63.1 cm³/mol. The highest BCUT2D eigenvalue weighted by Crippen LogP contribution is 2.04. The lowest BCUT2D eigenvalue weighted by Crippen LogP contribution is -2.38. The number of nitrogens with zero attached hydrogens (tertiary/aromatic N) is 1. The van der Waals surface area contributed by atoms with Crippen LogP contribution in [0.5, 0.6) is 0 Å². The van der Waals surface area contributed by atoms with Crippen LogP contribution in [0.2, 0.25) is 0 Å². The van der Waals surface area contributed by atoms with Crippen LogP contribution in [-0.4, -0.2) is 17.7 Å². The molecule has 1 aromatic rings. The number of nitrogens with one attached hydrogen (secondary N) is 1. The van der Waals surface area contributed by atoms with E-state index in [-0.39, 0.29) is 5.56 Å². The molecule has 15 heavy (non-hydrogen) atoms. The second kappa shape index (κ2) is 5.12. The van der Waals surface area contributed by atoms with Gasteiger partial charge in [0.15, 0.2) is 0 Å². The molecule has 3 heteroatoms. The van der Waals surface area contributed by atoms with E-state index in [4.69, 9.17) is 0 Å². The highest BCUT2D eigenvalue weighted by Gasteiger charge is 2.12. The van der Waals surface area contributed by atoms with Crippen molar-refractivity contribution in [3.63, 3.8) is 0 Å². The molecule has 0 amide bonds. The highest BCUT2D eigenvalue weighted by atomic mass is 16.1. The van der Waals surface area contributed by atoms with Gasteiger partial charge in [0.2, 0.25) is 0 Å². The van der Waals surface area contributed by atoms with Gasteiger partial charge in [0.05, 0.1) is 0 Å². The van der Waals surface area contributed by atoms with Crippen molar-refractivity contribution < 1.29 is 0 Å². The van der Waals surface area contributed by atoms with Crippen molar-refractivity contribution in [1.29, 1.82) is 0 Å². The molecule has 0 bridgehead atoms. The van der Waals surface area contributed by atoms with Gasteiger partial charge in [-0.15, -0.1) is 0 Å². The lowest BCUT2D eigenvalue weighted by atomic mass is 10.0. The van der Waals surface area contributed by atoms with Gasteiger partial charge in [-0.05, 0) is 26.0 Å². The van der Waals surface area contributed by atoms with Crippen molar-refractivity contribution >= 4 is 0 Å². The minimum Gasteiger partial charge on any atom is -0.315 e. The number of hydrogen-bond acceptors (Lipinski definition) is 2. The first-order valence-electron chi connectivity index (χ1n) is 5.40. The molecule has 0 saturated heterocycles. The third kappa shape index (κ3) is 2.93. The van der Waals surface area contributed by atoms with E-state index >= 15 is 0 Å². The Morgan fingerprint density at radius 2 is 2.07 bits per heavy atom. The Balaban J connectivity index is 2.93. The molecular weight excluding hydrogens is 188 g/mol. The second-order valence-electron chi connectivity index (χ2n) is 4.26. The number of aromatic nitrogens is 1. The Labute approximate surface area is 91.1 Å². The molecule has 1 aromatic heterocycles. The standard InChI is InChI=1S/C12H20N2O/c1-9(2)11(13-4)8-14-10(3)6-5-7-12(14)15/h5-7,9,11,13H,8H2,1-4H3.